The summed E-state index contributed by atoms with van der Waals surface area (Å²) in [7, 11) is 3.68. The number of aromatic nitrogens is 1. The number of allylic oxidation sites excluding steroid dienone is 2. The molecule has 1 aromatic carbocycles. The number of nitrogens with zero attached hydrogens (tertiary/aromatic N) is 1. The van der Waals surface area contributed by atoms with Crippen LogP contribution in [0.25, 0.3) is 11.8 Å². The molecule has 0 spiro atoms. The maximum absolute atomic E-state index is 6.67. The summed E-state index contributed by atoms with van der Waals surface area (Å²) in [5.41, 5.74) is 4.63. The highest BCUT2D eigenvalue weighted by atomic mass is 35.5. The monoisotopic (exact) mass is 400 g/mol. The van der Waals surface area contributed by atoms with Crippen molar-refractivity contribution in [2.45, 2.75) is 45.4 Å². The summed E-state index contributed by atoms with van der Waals surface area (Å²) < 4.78 is 7.47. The molecule has 0 saturated heterocycles. The third-order valence-corrected chi connectivity index (χ3v) is 5.22. The van der Waals surface area contributed by atoms with Crippen LogP contribution < -0.4 is 10.1 Å². The first-order valence-corrected chi connectivity index (χ1v) is 10.4. The van der Waals surface area contributed by atoms with E-state index >= 15 is 0 Å². The Morgan fingerprint density at radius 1 is 1.21 bits per heavy atom. The highest BCUT2D eigenvalue weighted by molar-refractivity contribution is 6.32. The predicted molar refractivity (Wildman–Crippen MR) is 122 cm³/mol. The van der Waals surface area contributed by atoms with E-state index in [4.69, 9.17) is 16.3 Å². The van der Waals surface area contributed by atoms with Crippen molar-refractivity contribution in [3.8, 4) is 11.4 Å². The molecule has 0 fully saturated rings. The van der Waals surface area contributed by atoms with Crippen LogP contribution >= 0.6 is 11.6 Å². The average molecular weight is 401 g/mol. The molecule has 0 unspecified atom stereocenters. The Bertz CT molecular complexity index is 788. The first-order chi connectivity index (χ1) is 13.5. The van der Waals surface area contributed by atoms with Crippen LogP contribution in [0.15, 0.2) is 48.7 Å². The molecule has 152 valence electrons. The summed E-state index contributed by atoms with van der Waals surface area (Å²) >= 11 is 6.67. The van der Waals surface area contributed by atoms with Crippen molar-refractivity contribution in [2.75, 3.05) is 20.7 Å². The Hall–Kier alpha value is -1.97. The number of benzene rings is 1. The lowest BCUT2D eigenvalue weighted by molar-refractivity contribution is 0.414. The Kier molecular flexibility index (Phi) is 8.88. The fraction of sp³-hybridized carbons (Fsp3) is 0.417. The molecule has 1 N–H and O–H groups in total. The molecule has 1 aromatic heterocycles. The Labute approximate surface area is 175 Å². The molecule has 0 atom stereocenters. The van der Waals surface area contributed by atoms with Crippen LogP contribution in [-0.2, 0) is 0 Å². The molecule has 0 aliphatic carbocycles. The van der Waals surface area contributed by atoms with E-state index < -0.39 is 0 Å². The summed E-state index contributed by atoms with van der Waals surface area (Å²) in [6, 6.07) is 8.07. The summed E-state index contributed by atoms with van der Waals surface area (Å²) in [6.07, 6.45) is 10.8. The molecular weight excluding hydrogens is 368 g/mol. The zero-order valence-corrected chi connectivity index (χ0v) is 18.4. The second-order valence-electron chi connectivity index (χ2n) is 7.34. The summed E-state index contributed by atoms with van der Waals surface area (Å²) in [4.78, 5) is 0. The third-order valence-electron chi connectivity index (χ3n) is 4.92. The third kappa shape index (κ3) is 5.76. The molecule has 0 aliphatic heterocycles. The average Bonchev–Trinajstić information content (AvgIpc) is 3.03. The molecule has 3 nitrogen and oxygen atoms in total. The van der Waals surface area contributed by atoms with Crippen molar-refractivity contribution in [3.05, 3.63) is 65.0 Å². The van der Waals surface area contributed by atoms with Crippen LogP contribution in [0.1, 0.15) is 56.7 Å². The van der Waals surface area contributed by atoms with Crippen LogP contribution in [0, 0.1) is 0 Å². The van der Waals surface area contributed by atoms with Gasteiger partial charge in [0.1, 0.15) is 5.75 Å². The van der Waals surface area contributed by atoms with Gasteiger partial charge in [-0.15, -0.1) is 0 Å². The minimum absolute atomic E-state index is 0.336. The van der Waals surface area contributed by atoms with E-state index in [1.165, 1.54) is 24.1 Å². The SMILES string of the molecule is C=C/C(=C\c1c(Cl)cn(-c2ccc(OC)cc2)c1C(C)C)CCCCCNC. The summed E-state index contributed by atoms with van der Waals surface area (Å²) in [5, 5.41) is 3.97. The number of methoxy groups -OCH3 is 1. The van der Waals surface area contributed by atoms with Crippen molar-refractivity contribution >= 4 is 17.7 Å². The number of halogens is 1. The van der Waals surface area contributed by atoms with Gasteiger partial charge >= 0.3 is 0 Å². The highest BCUT2D eigenvalue weighted by Gasteiger charge is 2.17. The zero-order chi connectivity index (χ0) is 20.5. The Morgan fingerprint density at radius 3 is 2.50 bits per heavy atom. The predicted octanol–water partition coefficient (Wildman–Crippen LogP) is 6.61. The van der Waals surface area contributed by atoms with Crippen LogP contribution in [-0.4, -0.2) is 25.3 Å². The lowest BCUT2D eigenvalue weighted by Gasteiger charge is -2.14. The van der Waals surface area contributed by atoms with Gasteiger partial charge in [-0.05, 0) is 74.7 Å². The molecule has 1 heterocycles. The minimum Gasteiger partial charge on any atom is -0.497 e. The number of nitrogens with one attached hydrogen (secondary N) is 1. The molecule has 4 heteroatoms. The van der Waals surface area contributed by atoms with Gasteiger partial charge < -0.3 is 14.6 Å². The quantitative estimate of drug-likeness (QED) is 0.339. The number of ether oxygens (including phenoxy) is 1. The van der Waals surface area contributed by atoms with Gasteiger partial charge in [0.2, 0.25) is 0 Å². The van der Waals surface area contributed by atoms with Gasteiger partial charge in [-0.3, -0.25) is 0 Å². The first kappa shape index (κ1) is 22.3. The number of hydrogen-bond donors (Lipinski definition) is 1. The molecule has 28 heavy (non-hydrogen) atoms. The largest absolute Gasteiger partial charge is 0.497 e. The van der Waals surface area contributed by atoms with Gasteiger partial charge in [0.25, 0.3) is 0 Å². The Balaban J connectivity index is 2.32. The topological polar surface area (TPSA) is 26.2 Å². The lowest BCUT2D eigenvalue weighted by Crippen LogP contribution is -2.06. The standard InChI is InChI=1S/C24H33ClN2O/c1-6-19(10-8-7-9-15-26-4)16-22-23(25)17-27(24(22)18(2)3)20-11-13-21(28-5)14-12-20/h6,11-14,16-18,26H,1,7-10,15H2,2-5H3/b19-16+. The van der Waals surface area contributed by atoms with Crippen molar-refractivity contribution in [1.29, 1.82) is 0 Å². The maximum Gasteiger partial charge on any atom is 0.119 e. The normalized spacial score (nSPS) is 11.9. The molecule has 0 radical (unpaired) electrons. The number of hydrogen-bond acceptors (Lipinski definition) is 2. The molecule has 0 aliphatic rings. The van der Waals surface area contributed by atoms with E-state index in [2.05, 4.69) is 48.5 Å². The minimum atomic E-state index is 0.336. The van der Waals surface area contributed by atoms with E-state index in [9.17, 15) is 0 Å². The van der Waals surface area contributed by atoms with Crippen molar-refractivity contribution < 1.29 is 4.74 Å². The van der Waals surface area contributed by atoms with E-state index in [-0.39, 0.29) is 0 Å². The highest BCUT2D eigenvalue weighted by Crippen LogP contribution is 2.34. The fourth-order valence-corrected chi connectivity index (χ4v) is 3.67. The van der Waals surface area contributed by atoms with E-state index in [1.807, 2.05) is 31.5 Å². The van der Waals surface area contributed by atoms with Gasteiger partial charge in [0.05, 0.1) is 12.1 Å². The lowest BCUT2D eigenvalue weighted by atomic mass is 10.0. The number of unbranched alkanes of at least 4 members (excludes halogenated alkanes) is 2. The molecule has 2 aromatic rings. The van der Waals surface area contributed by atoms with Gasteiger partial charge in [-0.1, -0.05) is 44.5 Å². The van der Waals surface area contributed by atoms with Crippen molar-refractivity contribution in [1.82, 2.24) is 9.88 Å². The molecule has 0 amide bonds. The van der Waals surface area contributed by atoms with E-state index in [0.717, 1.165) is 41.4 Å². The molecule has 0 saturated carbocycles. The fourth-order valence-electron chi connectivity index (χ4n) is 3.42. The smallest absolute Gasteiger partial charge is 0.119 e. The molecular formula is C24H33ClN2O. The van der Waals surface area contributed by atoms with Crippen LogP contribution in [0.3, 0.4) is 0 Å². The second-order valence-corrected chi connectivity index (χ2v) is 7.74. The van der Waals surface area contributed by atoms with Crippen molar-refractivity contribution in [3.63, 3.8) is 0 Å². The Morgan fingerprint density at radius 2 is 1.93 bits per heavy atom. The zero-order valence-electron chi connectivity index (χ0n) is 17.6. The molecule has 0 bridgehead atoms. The van der Waals surface area contributed by atoms with Gasteiger partial charge in [0.15, 0.2) is 0 Å². The number of rotatable bonds is 11. The van der Waals surface area contributed by atoms with Crippen LogP contribution in [0.5, 0.6) is 5.75 Å². The van der Waals surface area contributed by atoms with Gasteiger partial charge in [-0.25, -0.2) is 0 Å². The van der Waals surface area contributed by atoms with Gasteiger partial charge in [0, 0.05) is 23.1 Å². The molecule has 2 rings (SSSR count). The summed E-state index contributed by atoms with van der Waals surface area (Å²) in [6.45, 7) is 9.49. The second kappa shape index (κ2) is 11.1. The maximum atomic E-state index is 6.67. The van der Waals surface area contributed by atoms with Crippen LogP contribution in [0.4, 0.5) is 0 Å². The van der Waals surface area contributed by atoms with E-state index in [0.29, 0.717) is 5.92 Å². The van der Waals surface area contributed by atoms with Crippen LogP contribution in [0.2, 0.25) is 5.02 Å². The van der Waals surface area contributed by atoms with Crippen molar-refractivity contribution in [2.24, 2.45) is 0 Å². The van der Waals surface area contributed by atoms with E-state index in [1.54, 1.807) is 7.11 Å². The summed E-state index contributed by atoms with van der Waals surface area (Å²) in [5.74, 6) is 1.18. The van der Waals surface area contributed by atoms with Gasteiger partial charge in [-0.2, -0.15) is 0 Å². The first-order valence-electron chi connectivity index (χ1n) is 10.0.